The van der Waals surface area contributed by atoms with Crippen molar-refractivity contribution in [3.05, 3.63) is 29.8 Å². The van der Waals surface area contributed by atoms with Gasteiger partial charge in [-0.15, -0.1) is 0 Å². The minimum atomic E-state index is -0.960. The van der Waals surface area contributed by atoms with E-state index in [9.17, 15) is 15.0 Å². The van der Waals surface area contributed by atoms with E-state index in [-0.39, 0.29) is 24.6 Å². The number of carbonyl (C=O) groups is 1. The number of aromatic hydroxyl groups is 1. The number of carbonyl (C=O) groups excluding carboxylic acids is 1. The summed E-state index contributed by atoms with van der Waals surface area (Å²) in [5, 5.41) is 22.1. The lowest BCUT2D eigenvalue weighted by Gasteiger charge is -2.27. The Hall–Kier alpha value is -1.59. The SMILES string of the molecule is CN(C)CC(C)(O)CNC(=O)Cc1cccc(O)c1. The molecule has 0 saturated heterocycles. The van der Waals surface area contributed by atoms with E-state index in [0.717, 1.165) is 5.56 Å². The summed E-state index contributed by atoms with van der Waals surface area (Å²) in [4.78, 5) is 13.6. The summed E-state index contributed by atoms with van der Waals surface area (Å²) in [6.07, 6.45) is 0.187. The number of likely N-dealkylation sites (N-methyl/N-ethyl adjacent to an activating group) is 1. The lowest BCUT2D eigenvalue weighted by Crippen LogP contribution is -2.47. The van der Waals surface area contributed by atoms with Gasteiger partial charge in [0, 0.05) is 13.1 Å². The fraction of sp³-hybridized carbons (Fsp3) is 0.500. The molecule has 1 aromatic rings. The number of nitrogens with one attached hydrogen (secondary N) is 1. The standard InChI is InChI=1S/C14H22N2O3/c1-14(19,10-16(2)3)9-15-13(18)8-11-5-4-6-12(17)7-11/h4-7,17,19H,8-10H2,1-3H3,(H,15,18). The number of phenolic OH excluding ortho intramolecular Hbond substituents is 1. The van der Waals surface area contributed by atoms with Crippen LogP contribution in [-0.4, -0.2) is 53.8 Å². The molecule has 3 N–H and O–H groups in total. The number of amides is 1. The molecule has 1 amide bonds. The van der Waals surface area contributed by atoms with E-state index in [2.05, 4.69) is 5.32 Å². The van der Waals surface area contributed by atoms with Crippen molar-refractivity contribution < 1.29 is 15.0 Å². The molecular weight excluding hydrogens is 244 g/mol. The van der Waals surface area contributed by atoms with Crippen LogP contribution in [-0.2, 0) is 11.2 Å². The Kier molecular flexibility index (Phi) is 5.32. The van der Waals surface area contributed by atoms with Crippen LogP contribution >= 0.6 is 0 Å². The summed E-state index contributed by atoms with van der Waals surface area (Å²) < 4.78 is 0. The van der Waals surface area contributed by atoms with E-state index in [1.165, 1.54) is 0 Å². The summed E-state index contributed by atoms with van der Waals surface area (Å²) in [6, 6.07) is 6.58. The Labute approximate surface area is 113 Å². The third-order valence-electron chi connectivity index (χ3n) is 2.60. The molecule has 0 aliphatic carbocycles. The number of benzene rings is 1. The van der Waals surface area contributed by atoms with Crippen LogP contribution in [0.5, 0.6) is 5.75 Å². The largest absolute Gasteiger partial charge is 0.508 e. The Morgan fingerprint density at radius 3 is 2.68 bits per heavy atom. The number of hydrogen-bond donors (Lipinski definition) is 3. The molecule has 0 aliphatic heterocycles. The zero-order chi connectivity index (χ0) is 14.5. The second kappa shape index (κ2) is 6.54. The average Bonchev–Trinajstić information content (AvgIpc) is 2.25. The molecular formula is C14H22N2O3. The van der Waals surface area contributed by atoms with Gasteiger partial charge in [-0.25, -0.2) is 0 Å². The number of hydrogen-bond acceptors (Lipinski definition) is 4. The topological polar surface area (TPSA) is 72.8 Å². The number of aliphatic hydroxyl groups is 1. The van der Waals surface area contributed by atoms with Crippen molar-refractivity contribution in [2.75, 3.05) is 27.2 Å². The first-order valence-corrected chi connectivity index (χ1v) is 6.20. The molecule has 0 fully saturated rings. The maximum atomic E-state index is 11.7. The van der Waals surface area contributed by atoms with Crippen LogP contribution in [0.4, 0.5) is 0 Å². The van der Waals surface area contributed by atoms with Gasteiger partial charge in [-0.3, -0.25) is 4.79 Å². The van der Waals surface area contributed by atoms with Gasteiger partial charge in [0.1, 0.15) is 5.75 Å². The van der Waals surface area contributed by atoms with E-state index >= 15 is 0 Å². The molecule has 0 aliphatic rings. The molecule has 19 heavy (non-hydrogen) atoms. The summed E-state index contributed by atoms with van der Waals surface area (Å²) in [7, 11) is 3.73. The van der Waals surface area contributed by atoms with Gasteiger partial charge in [-0.05, 0) is 38.7 Å². The molecule has 1 rings (SSSR count). The van der Waals surface area contributed by atoms with Gasteiger partial charge in [0.2, 0.25) is 5.91 Å². The first-order valence-electron chi connectivity index (χ1n) is 6.20. The van der Waals surface area contributed by atoms with Crippen LogP contribution in [0.25, 0.3) is 0 Å². The van der Waals surface area contributed by atoms with Crippen molar-refractivity contribution in [1.29, 1.82) is 0 Å². The zero-order valence-corrected chi connectivity index (χ0v) is 11.7. The Balaban J connectivity index is 2.44. The Morgan fingerprint density at radius 2 is 2.11 bits per heavy atom. The Morgan fingerprint density at radius 1 is 1.42 bits per heavy atom. The van der Waals surface area contributed by atoms with E-state index in [0.29, 0.717) is 6.54 Å². The highest BCUT2D eigenvalue weighted by Crippen LogP contribution is 2.11. The molecule has 0 bridgehead atoms. The van der Waals surface area contributed by atoms with Crippen LogP contribution in [0.1, 0.15) is 12.5 Å². The lowest BCUT2D eigenvalue weighted by atomic mass is 10.1. The van der Waals surface area contributed by atoms with Gasteiger partial charge in [-0.1, -0.05) is 12.1 Å². The van der Waals surface area contributed by atoms with E-state index in [4.69, 9.17) is 0 Å². The highest BCUT2D eigenvalue weighted by Gasteiger charge is 2.21. The van der Waals surface area contributed by atoms with Crippen LogP contribution in [0.3, 0.4) is 0 Å². The summed E-state index contributed by atoms with van der Waals surface area (Å²) in [5.41, 5.74) is -0.220. The van der Waals surface area contributed by atoms with Crippen LogP contribution in [0.2, 0.25) is 0 Å². The lowest BCUT2D eigenvalue weighted by molar-refractivity contribution is -0.121. The van der Waals surface area contributed by atoms with Crippen molar-refractivity contribution in [3.63, 3.8) is 0 Å². The fourth-order valence-electron chi connectivity index (χ4n) is 1.94. The normalized spacial score (nSPS) is 14.2. The summed E-state index contributed by atoms with van der Waals surface area (Å²) >= 11 is 0. The van der Waals surface area contributed by atoms with Crippen molar-refractivity contribution in [1.82, 2.24) is 10.2 Å². The van der Waals surface area contributed by atoms with Gasteiger partial charge < -0.3 is 20.4 Å². The third kappa shape index (κ3) is 6.22. The molecule has 1 aromatic carbocycles. The van der Waals surface area contributed by atoms with E-state index in [1.807, 2.05) is 19.0 Å². The molecule has 5 heteroatoms. The monoisotopic (exact) mass is 266 g/mol. The molecule has 0 radical (unpaired) electrons. The predicted molar refractivity (Wildman–Crippen MR) is 74.0 cm³/mol. The zero-order valence-electron chi connectivity index (χ0n) is 11.7. The third-order valence-corrected chi connectivity index (χ3v) is 2.60. The van der Waals surface area contributed by atoms with Crippen molar-refractivity contribution >= 4 is 5.91 Å². The molecule has 5 nitrogen and oxygen atoms in total. The van der Waals surface area contributed by atoms with Crippen molar-refractivity contribution in [2.45, 2.75) is 18.9 Å². The minimum absolute atomic E-state index is 0.143. The van der Waals surface area contributed by atoms with Crippen LogP contribution in [0.15, 0.2) is 24.3 Å². The maximum absolute atomic E-state index is 11.7. The van der Waals surface area contributed by atoms with Crippen molar-refractivity contribution in [2.24, 2.45) is 0 Å². The molecule has 0 aromatic heterocycles. The molecule has 0 spiro atoms. The first kappa shape index (κ1) is 15.5. The summed E-state index contributed by atoms with van der Waals surface area (Å²) in [6.45, 7) is 2.35. The number of nitrogens with zero attached hydrogens (tertiary/aromatic N) is 1. The molecule has 0 heterocycles. The summed E-state index contributed by atoms with van der Waals surface area (Å²) in [5.74, 6) is -0.0328. The highest BCUT2D eigenvalue weighted by molar-refractivity contribution is 5.78. The Bertz CT molecular complexity index is 430. The van der Waals surface area contributed by atoms with Gasteiger partial charge in [0.05, 0.1) is 12.0 Å². The molecule has 106 valence electrons. The number of rotatable bonds is 6. The maximum Gasteiger partial charge on any atom is 0.224 e. The second-order valence-electron chi connectivity index (χ2n) is 5.36. The fourth-order valence-corrected chi connectivity index (χ4v) is 1.94. The van der Waals surface area contributed by atoms with Gasteiger partial charge >= 0.3 is 0 Å². The van der Waals surface area contributed by atoms with Crippen LogP contribution in [0, 0.1) is 0 Å². The molecule has 1 atom stereocenters. The predicted octanol–water partition coefficient (Wildman–Crippen LogP) is 0.363. The first-order chi connectivity index (χ1) is 8.78. The van der Waals surface area contributed by atoms with Gasteiger partial charge in [-0.2, -0.15) is 0 Å². The van der Waals surface area contributed by atoms with E-state index < -0.39 is 5.60 Å². The molecule has 1 unspecified atom stereocenters. The smallest absolute Gasteiger partial charge is 0.224 e. The number of phenols is 1. The van der Waals surface area contributed by atoms with Crippen molar-refractivity contribution in [3.8, 4) is 5.75 Å². The molecule has 0 saturated carbocycles. The second-order valence-corrected chi connectivity index (χ2v) is 5.36. The quantitative estimate of drug-likeness (QED) is 0.695. The average molecular weight is 266 g/mol. The van der Waals surface area contributed by atoms with Crippen LogP contribution < -0.4 is 5.32 Å². The van der Waals surface area contributed by atoms with Gasteiger partial charge in [0.15, 0.2) is 0 Å². The highest BCUT2D eigenvalue weighted by atomic mass is 16.3. The minimum Gasteiger partial charge on any atom is -0.508 e. The van der Waals surface area contributed by atoms with Gasteiger partial charge in [0.25, 0.3) is 0 Å². The van der Waals surface area contributed by atoms with E-state index in [1.54, 1.807) is 31.2 Å².